The lowest BCUT2D eigenvalue weighted by Gasteiger charge is -2.45. The molecule has 2 aromatic rings. The van der Waals surface area contributed by atoms with Crippen molar-refractivity contribution >= 4 is 5.91 Å². The first-order valence-corrected chi connectivity index (χ1v) is 9.42. The average Bonchev–Trinajstić information content (AvgIpc) is 3.02. The molecule has 1 atom stereocenters. The van der Waals surface area contributed by atoms with Crippen molar-refractivity contribution < 1.29 is 14.3 Å². The Morgan fingerprint density at radius 2 is 2.04 bits per heavy atom. The Hall–Kier alpha value is -2.48. The van der Waals surface area contributed by atoms with Gasteiger partial charge in [-0.25, -0.2) is 9.97 Å². The zero-order valence-corrected chi connectivity index (χ0v) is 15.8. The SMILES string of the molecule is Cc1cc(C(=O)N2CCC3(CC2)CC(Oc2ncccn2)CCO3)nn1C. The minimum atomic E-state index is -0.228. The maximum atomic E-state index is 12.7. The molecule has 27 heavy (non-hydrogen) atoms. The van der Waals surface area contributed by atoms with Crippen LogP contribution in [0.4, 0.5) is 0 Å². The van der Waals surface area contributed by atoms with Crippen LogP contribution in [-0.2, 0) is 11.8 Å². The number of ether oxygens (including phenoxy) is 2. The van der Waals surface area contributed by atoms with Gasteiger partial charge in [-0.1, -0.05) is 0 Å². The van der Waals surface area contributed by atoms with Gasteiger partial charge in [-0.05, 0) is 31.9 Å². The second kappa shape index (κ2) is 7.26. The van der Waals surface area contributed by atoms with Crippen LogP contribution in [0.15, 0.2) is 24.5 Å². The summed E-state index contributed by atoms with van der Waals surface area (Å²) in [6.45, 7) is 3.94. The molecule has 1 spiro atoms. The van der Waals surface area contributed by atoms with E-state index < -0.39 is 0 Å². The summed E-state index contributed by atoms with van der Waals surface area (Å²) in [4.78, 5) is 22.9. The van der Waals surface area contributed by atoms with E-state index in [-0.39, 0.29) is 17.6 Å². The molecule has 2 aliphatic rings. The van der Waals surface area contributed by atoms with E-state index in [4.69, 9.17) is 9.47 Å². The van der Waals surface area contributed by atoms with Gasteiger partial charge in [-0.3, -0.25) is 9.48 Å². The van der Waals surface area contributed by atoms with Crippen molar-refractivity contribution in [2.24, 2.45) is 7.05 Å². The number of amides is 1. The van der Waals surface area contributed by atoms with Crippen LogP contribution in [-0.4, -0.2) is 62.0 Å². The molecule has 144 valence electrons. The molecule has 0 bridgehead atoms. The third-order valence-corrected chi connectivity index (χ3v) is 5.56. The Bertz CT molecular complexity index is 779. The third-order valence-electron chi connectivity index (χ3n) is 5.56. The number of carbonyl (C=O) groups excluding carboxylic acids is 1. The van der Waals surface area contributed by atoms with Gasteiger partial charge in [0, 0.05) is 51.1 Å². The van der Waals surface area contributed by atoms with E-state index in [1.165, 1.54) is 0 Å². The van der Waals surface area contributed by atoms with Crippen molar-refractivity contribution in [3.05, 3.63) is 35.9 Å². The second-order valence-electron chi connectivity index (χ2n) is 7.38. The fourth-order valence-corrected chi connectivity index (χ4v) is 3.87. The monoisotopic (exact) mass is 371 g/mol. The molecule has 1 unspecified atom stereocenters. The molecule has 0 aliphatic carbocycles. The zero-order chi connectivity index (χ0) is 18.9. The quantitative estimate of drug-likeness (QED) is 0.818. The molecule has 4 rings (SSSR count). The Kier molecular flexibility index (Phi) is 4.82. The highest BCUT2D eigenvalue weighted by Crippen LogP contribution is 2.36. The first-order valence-electron chi connectivity index (χ1n) is 9.42. The van der Waals surface area contributed by atoms with Gasteiger partial charge in [0.25, 0.3) is 5.91 Å². The molecule has 8 nitrogen and oxygen atoms in total. The van der Waals surface area contributed by atoms with E-state index in [1.807, 2.05) is 24.9 Å². The summed E-state index contributed by atoms with van der Waals surface area (Å²) in [5.74, 6) is -0.00477. The van der Waals surface area contributed by atoms with Crippen LogP contribution < -0.4 is 4.74 Å². The Balaban J connectivity index is 1.36. The van der Waals surface area contributed by atoms with Crippen molar-refractivity contribution in [1.29, 1.82) is 0 Å². The minimum absolute atomic E-state index is 0.00477. The molecule has 0 N–H and O–H groups in total. The van der Waals surface area contributed by atoms with Crippen molar-refractivity contribution in [1.82, 2.24) is 24.6 Å². The van der Waals surface area contributed by atoms with Gasteiger partial charge in [0.15, 0.2) is 5.69 Å². The van der Waals surface area contributed by atoms with Crippen molar-refractivity contribution in [2.75, 3.05) is 19.7 Å². The lowest BCUT2D eigenvalue weighted by molar-refractivity contribution is -0.136. The van der Waals surface area contributed by atoms with E-state index in [2.05, 4.69) is 15.1 Å². The molecule has 4 heterocycles. The molecule has 1 amide bonds. The molecule has 2 fully saturated rings. The maximum absolute atomic E-state index is 12.7. The van der Waals surface area contributed by atoms with E-state index in [1.54, 1.807) is 23.1 Å². The molecule has 2 aliphatic heterocycles. The standard InChI is InChI=1S/C19H25N5O3/c1-14-12-16(22-23(14)2)17(25)24-9-5-19(6-10-24)13-15(4-11-26-19)27-18-20-7-3-8-21-18/h3,7-8,12,15H,4-6,9-11,13H2,1-2H3. The topological polar surface area (TPSA) is 82.4 Å². The van der Waals surface area contributed by atoms with Crippen LogP contribution in [0.25, 0.3) is 0 Å². The largest absolute Gasteiger partial charge is 0.460 e. The number of likely N-dealkylation sites (tertiary alicyclic amines) is 1. The lowest BCUT2D eigenvalue weighted by atomic mass is 9.83. The number of nitrogens with zero attached hydrogens (tertiary/aromatic N) is 5. The Morgan fingerprint density at radius 1 is 1.30 bits per heavy atom. The molecule has 2 saturated heterocycles. The van der Waals surface area contributed by atoms with E-state index in [0.29, 0.717) is 31.4 Å². The predicted octanol–water partition coefficient (Wildman–Crippen LogP) is 1.75. The Morgan fingerprint density at radius 3 is 2.70 bits per heavy atom. The van der Waals surface area contributed by atoms with Gasteiger partial charge >= 0.3 is 6.01 Å². The van der Waals surface area contributed by atoms with Crippen LogP contribution in [0.1, 0.15) is 41.9 Å². The Labute approximate surface area is 158 Å². The highest BCUT2D eigenvalue weighted by atomic mass is 16.5. The van der Waals surface area contributed by atoms with Gasteiger partial charge in [-0.2, -0.15) is 5.10 Å². The molecule has 0 aromatic carbocycles. The van der Waals surface area contributed by atoms with E-state index in [0.717, 1.165) is 31.4 Å². The van der Waals surface area contributed by atoms with Crippen LogP contribution in [0.3, 0.4) is 0 Å². The number of piperidine rings is 1. The normalized spacial score (nSPS) is 22.0. The fourth-order valence-electron chi connectivity index (χ4n) is 3.87. The third kappa shape index (κ3) is 3.80. The number of hydrogen-bond donors (Lipinski definition) is 0. The number of rotatable bonds is 3. The maximum Gasteiger partial charge on any atom is 0.316 e. The number of aromatic nitrogens is 4. The van der Waals surface area contributed by atoms with Crippen LogP contribution >= 0.6 is 0 Å². The summed E-state index contributed by atoms with van der Waals surface area (Å²) in [5.41, 5.74) is 1.26. The summed E-state index contributed by atoms with van der Waals surface area (Å²) < 4.78 is 13.8. The smallest absolute Gasteiger partial charge is 0.316 e. The van der Waals surface area contributed by atoms with Gasteiger partial charge in [0.2, 0.25) is 0 Å². The van der Waals surface area contributed by atoms with Crippen molar-refractivity contribution in [3.8, 4) is 6.01 Å². The van der Waals surface area contributed by atoms with Gasteiger partial charge < -0.3 is 14.4 Å². The van der Waals surface area contributed by atoms with E-state index >= 15 is 0 Å². The summed E-state index contributed by atoms with van der Waals surface area (Å²) in [6.07, 6.45) is 6.65. The number of aryl methyl sites for hydroxylation is 2. The molecule has 0 saturated carbocycles. The lowest BCUT2D eigenvalue weighted by Crippen LogP contribution is -2.52. The minimum Gasteiger partial charge on any atom is -0.460 e. The van der Waals surface area contributed by atoms with Crippen LogP contribution in [0, 0.1) is 6.92 Å². The number of hydrogen-bond acceptors (Lipinski definition) is 6. The van der Waals surface area contributed by atoms with E-state index in [9.17, 15) is 4.79 Å². The predicted molar refractivity (Wildman–Crippen MR) is 97.4 cm³/mol. The summed E-state index contributed by atoms with van der Waals surface area (Å²) in [5, 5.41) is 4.31. The summed E-state index contributed by atoms with van der Waals surface area (Å²) in [6, 6.07) is 4.03. The van der Waals surface area contributed by atoms with Crippen molar-refractivity contribution in [2.45, 2.75) is 44.3 Å². The molecule has 8 heteroatoms. The highest BCUT2D eigenvalue weighted by molar-refractivity contribution is 5.92. The summed E-state index contributed by atoms with van der Waals surface area (Å²) >= 11 is 0. The second-order valence-corrected chi connectivity index (χ2v) is 7.38. The molecular weight excluding hydrogens is 346 g/mol. The van der Waals surface area contributed by atoms with Gasteiger partial charge in [0.1, 0.15) is 6.10 Å². The molecular formula is C19H25N5O3. The molecule has 2 aromatic heterocycles. The first-order chi connectivity index (χ1) is 13.0. The van der Waals surface area contributed by atoms with Crippen LogP contribution in [0.5, 0.6) is 6.01 Å². The molecule has 0 radical (unpaired) electrons. The van der Waals surface area contributed by atoms with Crippen molar-refractivity contribution in [3.63, 3.8) is 0 Å². The highest BCUT2D eigenvalue weighted by Gasteiger charge is 2.42. The number of carbonyl (C=O) groups is 1. The summed E-state index contributed by atoms with van der Waals surface area (Å²) in [7, 11) is 1.85. The average molecular weight is 371 g/mol. The van der Waals surface area contributed by atoms with Gasteiger partial charge in [0.05, 0.1) is 12.2 Å². The fraction of sp³-hybridized carbons (Fsp3) is 0.579. The first kappa shape index (κ1) is 17.9. The zero-order valence-electron chi connectivity index (χ0n) is 15.8. The van der Waals surface area contributed by atoms with Crippen LogP contribution in [0.2, 0.25) is 0 Å². The van der Waals surface area contributed by atoms with Gasteiger partial charge in [-0.15, -0.1) is 0 Å².